The molecule has 0 aliphatic rings. The summed E-state index contributed by atoms with van der Waals surface area (Å²) in [5.41, 5.74) is 0. The summed E-state index contributed by atoms with van der Waals surface area (Å²) in [6.45, 7) is 0. The Labute approximate surface area is 141 Å². The van der Waals surface area contributed by atoms with Crippen LogP contribution in [0, 0.1) is 0 Å². The minimum absolute atomic E-state index is 0.204. The quantitative estimate of drug-likeness (QED) is 0.552. The van der Waals surface area contributed by atoms with Crippen LogP contribution in [0.5, 0.6) is 5.75 Å². The molecule has 3 aromatic rings. The number of hydrogen-bond acceptors (Lipinski definition) is 1. The Balaban J connectivity index is 2.05. The van der Waals surface area contributed by atoms with Gasteiger partial charge in [-0.05, 0) is 36.4 Å². The minimum atomic E-state index is -4.70. The van der Waals surface area contributed by atoms with Crippen molar-refractivity contribution in [1.29, 1.82) is 0 Å². The highest BCUT2D eigenvalue weighted by Crippen LogP contribution is 2.33. The van der Waals surface area contributed by atoms with Crippen molar-refractivity contribution >= 4 is 10.9 Å². The Morgan fingerprint density at radius 3 is 1.62 bits per heavy atom. The van der Waals surface area contributed by atoms with Crippen molar-refractivity contribution in [2.24, 2.45) is 0 Å². The van der Waals surface area contributed by atoms with Gasteiger partial charge in [-0.2, -0.15) is 0 Å². The van der Waals surface area contributed by atoms with Crippen LogP contribution in [-0.2, 0) is 10.9 Å². The average molecular weight is 347 g/mol. The van der Waals surface area contributed by atoms with Crippen LogP contribution in [0.15, 0.2) is 99.6 Å². The monoisotopic (exact) mass is 347 g/mol. The predicted molar refractivity (Wildman–Crippen MR) is 88.2 cm³/mol. The van der Waals surface area contributed by atoms with Gasteiger partial charge >= 0.3 is 6.36 Å². The molecule has 24 heavy (non-hydrogen) atoms. The summed E-state index contributed by atoms with van der Waals surface area (Å²) in [5.74, 6) is -0.204. The van der Waals surface area contributed by atoms with Gasteiger partial charge in [0.25, 0.3) is 0 Å². The third-order valence-electron chi connectivity index (χ3n) is 3.23. The first-order valence-electron chi connectivity index (χ1n) is 7.23. The lowest BCUT2D eigenvalue weighted by Crippen LogP contribution is -2.17. The second kappa shape index (κ2) is 7.01. The van der Waals surface area contributed by atoms with Crippen LogP contribution in [0.25, 0.3) is 0 Å². The molecule has 1 nitrogen and oxygen atoms in total. The summed E-state index contributed by atoms with van der Waals surface area (Å²) in [4.78, 5) is 2.84. The summed E-state index contributed by atoms with van der Waals surface area (Å²) >= 11 is 0. The third-order valence-corrected chi connectivity index (χ3v) is 5.45. The van der Waals surface area contributed by atoms with Gasteiger partial charge in [-0.3, -0.25) is 0 Å². The average Bonchev–Trinajstić information content (AvgIpc) is 2.56. The highest BCUT2D eigenvalue weighted by Gasteiger charge is 2.33. The number of ether oxygens (including phenoxy) is 1. The molecular formula is C19H14F3OS+. The Morgan fingerprint density at radius 1 is 0.625 bits per heavy atom. The van der Waals surface area contributed by atoms with Crippen molar-refractivity contribution in [3.63, 3.8) is 0 Å². The lowest BCUT2D eigenvalue weighted by atomic mass is 10.3. The summed E-state index contributed by atoms with van der Waals surface area (Å²) in [6, 6.07) is 25.6. The van der Waals surface area contributed by atoms with E-state index in [0.29, 0.717) is 0 Å². The first kappa shape index (κ1) is 16.5. The highest BCUT2D eigenvalue weighted by atomic mass is 32.2. The minimum Gasteiger partial charge on any atom is -0.406 e. The topological polar surface area (TPSA) is 9.23 Å². The first-order chi connectivity index (χ1) is 11.5. The van der Waals surface area contributed by atoms with Crippen LogP contribution in [0.2, 0.25) is 0 Å². The maximum atomic E-state index is 12.5. The molecule has 0 spiro atoms. The van der Waals surface area contributed by atoms with Crippen LogP contribution in [-0.4, -0.2) is 6.36 Å². The van der Waals surface area contributed by atoms with Crippen LogP contribution < -0.4 is 4.74 Å². The van der Waals surface area contributed by atoms with Crippen molar-refractivity contribution in [3.8, 4) is 5.75 Å². The standard InChI is InChI=1S/C19H14F3OS/c20-19(21,22)23-15-8-7-13-18(14-15)24(16-9-3-1-4-10-16)17-11-5-2-6-12-17/h1-14H/q+1. The van der Waals surface area contributed by atoms with E-state index in [0.717, 1.165) is 14.7 Å². The molecule has 0 radical (unpaired) electrons. The molecule has 0 atom stereocenters. The second-order valence-electron chi connectivity index (χ2n) is 4.95. The van der Waals surface area contributed by atoms with Crippen LogP contribution in [0.1, 0.15) is 0 Å². The van der Waals surface area contributed by atoms with Crippen molar-refractivity contribution in [2.45, 2.75) is 21.0 Å². The Hall–Kier alpha value is -2.40. The van der Waals surface area contributed by atoms with E-state index >= 15 is 0 Å². The van der Waals surface area contributed by atoms with Crippen molar-refractivity contribution in [2.75, 3.05) is 0 Å². The van der Waals surface area contributed by atoms with Gasteiger partial charge in [0.1, 0.15) is 5.75 Å². The SMILES string of the molecule is FC(F)(F)Oc1cccc([S+](c2ccccc2)c2ccccc2)c1. The van der Waals surface area contributed by atoms with Gasteiger partial charge in [0.2, 0.25) is 0 Å². The third kappa shape index (κ3) is 4.11. The van der Waals surface area contributed by atoms with Crippen molar-refractivity contribution in [1.82, 2.24) is 0 Å². The number of hydrogen-bond donors (Lipinski definition) is 0. The van der Waals surface area contributed by atoms with Crippen molar-refractivity contribution in [3.05, 3.63) is 84.9 Å². The van der Waals surface area contributed by atoms with Crippen molar-refractivity contribution < 1.29 is 17.9 Å². The normalized spacial score (nSPS) is 11.5. The van der Waals surface area contributed by atoms with E-state index in [4.69, 9.17) is 0 Å². The zero-order valence-corrected chi connectivity index (χ0v) is 13.3. The van der Waals surface area contributed by atoms with Crippen LogP contribution in [0.3, 0.4) is 0 Å². The summed E-state index contributed by atoms with van der Waals surface area (Å²) in [6.07, 6.45) is -4.70. The van der Waals surface area contributed by atoms with E-state index in [1.165, 1.54) is 12.1 Å². The van der Waals surface area contributed by atoms with Gasteiger partial charge in [0, 0.05) is 6.07 Å². The fourth-order valence-corrected chi connectivity index (χ4v) is 4.44. The Bertz CT molecular complexity index is 749. The zero-order valence-electron chi connectivity index (χ0n) is 12.5. The van der Waals surface area contributed by atoms with E-state index in [1.54, 1.807) is 6.07 Å². The molecule has 3 aromatic carbocycles. The number of alkyl halides is 3. The molecule has 0 aliphatic carbocycles. The zero-order chi connectivity index (χ0) is 17.0. The molecule has 0 heterocycles. The van der Waals surface area contributed by atoms with Gasteiger partial charge in [0.15, 0.2) is 14.7 Å². The van der Waals surface area contributed by atoms with E-state index in [9.17, 15) is 13.2 Å². The molecule has 0 N–H and O–H groups in total. The van der Waals surface area contributed by atoms with Gasteiger partial charge in [-0.1, -0.05) is 42.5 Å². The second-order valence-corrected chi connectivity index (χ2v) is 6.98. The molecule has 0 aliphatic heterocycles. The molecule has 0 aromatic heterocycles. The van der Waals surface area contributed by atoms with Gasteiger partial charge in [-0.25, -0.2) is 0 Å². The maximum absolute atomic E-state index is 12.5. The lowest BCUT2D eigenvalue weighted by Gasteiger charge is -2.11. The number of benzene rings is 3. The smallest absolute Gasteiger partial charge is 0.406 e. The first-order valence-corrected chi connectivity index (χ1v) is 8.46. The summed E-state index contributed by atoms with van der Waals surface area (Å²) in [5, 5.41) is 0. The molecule has 122 valence electrons. The van der Waals surface area contributed by atoms with Gasteiger partial charge < -0.3 is 4.74 Å². The molecule has 0 amide bonds. The van der Waals surface area contributed by atoms with E-state index in [2.05, 4.69) is 4.74 Å². The van der Waals surface area contributed by atoms with E-state index in [1.807, 2.05) is 66.7 Å². The Kier molecular flexibility index (Phi) is 4.81. The molecule has 0 bridgehead atoms. The van der Waals surface area contributed by atoms with Gasteiger partial charge in [-0.15, -0.1) is 13.2 Å². The molecule has 0 fully saturated rings. The molecular weight excluding hydrogens is 333 g/mol. The molecule has 0 saturated carbocycles. The fourth-order valence-electron chi connectivity index (χ4n) is 2.32. The lowest BCUT2D eigenvalue weighted by molar-refractivity contribution is -0.274. The largest absolute Gasteiger partial charge is 0.573 e. The van der Waals surface area contributed by atoms with Crippen LogP contribution in [0.4, 0.5) is 13.2 Å². The Morgan fingerprint density at radius 2 is 1.12 bits per heavy atom. The molecule has 0 unspecified atom stereocenters. The molecule has 0 saturated heterocycles. The van der Waals surface area contributed by atoms with E-state index < -0.39 is 17.3 Å². The number of rotatable bonds is 4. The summed E-state index contributed by atoms with van der Waals surface area (Å²) in [7, 11) is -0.501. The fraction of sp³-hybridized carbons (Fsp3) is 0.0526. The predicted octanol–water partition coefficient (Wildman–Crippen LogP) is 5.68. The molecule has 5 heteroatoms. The number of halogens is 3. The summed E-state index contributed by atoms with van der Waals surface area (Å²) < 4.78 is 41.6. The molecule has 3 rings (SSSR count). The maximum Gasteiger partial charge on any atom is 0.573 e. The van der Waals surface area contributed by atoms with E-state index in [-0.39, 0.29) is 5.75 Å². The highest BCUT2D eigenvalue weighted by molar-refractivity contribution is 7.97. The van der Waals surface area contributed by atoms with Gasteiger partial charge in [0.05, 0.1) is 10.9 Å². The van der Waals surface area contributed by atoms with Crippen LogP contribution >= 0.6 is 0 Å².